The lowest BCUT2D eigenvalue weighted by Crippen LogP contribution is -2.23. The van der Waals surface area contributed by atoms with Gasteiger partial charge >= 0.3 is 6.01 Å². The molecule has 0 atom stereocenters. The van der Waals surface area contributed by atoms with Crippen LogP contribution in [0.1, 0.15) is 24.5 Å². The highest BCUT2D eigenvalue weighted by molar-refractivity contribution is 7.98. The minimum Gasteiger partial charge on any atom is -0.467 e. The number of rotatable bonds is 8. The fourth-order valence-corrected chi connectivity index (χ4v) is 2.72. The monoisotopic (exact) mass is 317 g/mol. The largest absolute Gasteiger partial charge is 0.467 e. The van der Waals surface area contributed by atoms with Gasteiger partial charge in [0.25, 0.3) is 0 Å². The Hall–Kier alpha value is -1.59. The van der Waals surface area contributed by atoms with Crippen molar-refractivity contribution in [3.05, 3.63) is 47.8 Å². The van der Waals surface area contributed by atoms with Gasteiger partial charge in [-0.3, -0.25) is 4.90 Å². The van der Waals surface area contributed by atoms with Crippen LogP contribution in [0.15, 0.2) is 41.6 Å². The van der Waals surface area contributed by atoms with Gasteiger partial charge in [0.1, 0.15) is 0 Å². The number of thioether (sulfide) groups is 1. The standard InChI is InChI=1S/C17H23N3OS/c1-4-9-20(12-14-5-7-16(22-3)8-6-14)13-15-10-18-17(21-2)19-11-15/h5-8,10-11H,4,9,12-13H2,1-3H3. The Morgan fingerprint density at radius 1 is 1.05 bits per heavy atom. The minimum atomic E-state index is 0.415. The maximum absolute atomic E-state index is 5.00. The second kappa shape index (κ2) is 8.76. The average Bonchev–Trinajstić information content (AvgIpc) is 2.56. The highest BCUT2D eigenvalue weighted by Gasteiger charge is 2.07. The molecule has 0 aliphatic carbocycles. The molecule has 0 spiro atoms. The number of methoxy groups -OCH3 is 1. The molecule has 2 rings (SSSR count). The van der Waals surface area contributed by atoms with Crippen molar-refractivity contribution < 1.29 is 4.74 Å². The van der Waals surface area contributed by atoms with Crippen molar-refractivity contribution >= 4 is 11.8 Å². The van der Waals surface area contributed by atoms with Crippen molar-refractivity contribution in [1.29, 1.82) is 0 Å². The zero-order chi connectivity index (χ0) is 15.8. The number of benzene rings is 1. The van der Waals surface area contributed by atoms with E-state index in [0.29, 0.717) is 6.01 Å². The summed E-state index contributed by atoms with van der Waals surface area (Å²) in [7, 11) is 1.58. The van der Waals surface area contributed by atoms with Crippen molar-refractivity contribution in [2.75, 3.05) is 19.9 Å². The van der Waals surface area contributed by atoms with Crippen LogP contribution in [0.5, 0.6) is 6.01 Å². The molecule has 0 amide bonds. The highest BCUT2D eigenvalue weighted by Crippen LogP contribution is 2.17. The third-order valence-electron chi connectivity index (χ3n) is 3.38. The smallest absolute Gasteiger partial charge is 0.316 e. The summed E-state index contributed by atoms with van der Waals surface area (Å²) >= 11 is 1.77. The predicted octanol–water partition coefficient (Wildman–Crippen LogP) is 3.62. The lowest BCUT2D eigenvalue weighted by Gasteiger charge is -2.21. The first kappa shape index (κ1) is 16.8. The maximum Gasteiger partial charge on any atom is 0.316 e. The van der Waals surface area contributed by atoms with Crippen molar-refractivity contribution in [2.45, 2.75) is 31.3 Å². The van der Waals surface area contributed by atoms with Crippen LogP contribution >= 0.6 is 11.8 Å². The van der Waals surface area contributed by atoms with E-state index in [-0.39, 0.29) is 0 Å². The quantitative estimate of drug-likeness (QED) is 0.695. The second-order valence-electron chi connectivity index (χ2n) is 5.14. The molecule has 1 heterocycles. The molecular weight excluding hydrogens is 294 g/mol. The Balaban J connectivity index is 2.01. The fraction of sp³-hybridized carbons (Fsp3) is 0.412. The van der Waals surface area contributed by atoms with Gasteiger partial charge in [0, 0.05) is 35.9 Å². The summed E-state index contributed by atoms with van der Waals surface area (Å²) in [6.45, 7) is 5.04. The molecule has 1 aromatic heterocycles. The van der Waals surface area contributed by atoms with Crippen LogP contribution in [-0.2, 0) is 13.1 Å². The molecule has 2 aromatic rings. The van der Waals surface area contributed by atoms with E-state index in [1.54, 1.807) is 18.9 Å². The van der Waals surface area contributed by atoms with E-state index >= 15 is 0 Å². The van der Waals surface area contributed by atoms with Gasteiger partial charge in [0.2, 0.25) is 0 Å². The first-order valence-electron chi connectivity index (χ1n) is 7.45. The SMILES string of the molecule is CCCN(Cc1ccc(SC)cc1)Cc1cnc(OC)nc1. The highest BCUT2D eigenvalue weighted by atomic mass is 32.2. The Morgan fingerprint density at radius 2 is 1.68 bits per heavy atom. The molecule has 0 saturated heterocycles. The van der Waals surface area contributed by atoms with Gasteiger partial charge in [-0.05, 0) is 36.9 Å². The number of hydrogen-bond acceptors (Lipinski definition) is 5. The summed E-state index contributed by atoms with van der Waals surface area (Å²) < 4.78 is 5.00. The molecule has 0 unspecified atom stereocenters. The van der Waals surface area contributed by atoms with Gasteiger partial charge in [-0.15, -0.1) is 11.8 Å². The molecule has 118 valence electrons. The van der Waals surface area contributed by atoms with Gasteiger partial charge in [0.15, 0.2) is 0 Å². The molecule has 0 bridgehead atoms. The normalized spacial score (nSPS) is 10.9. The molecule has 5 heteroatoms. The van der Waals surface area contributed by atoms with E-state index < -0.39 is 0 Å². The molecule has 0 aliphatic rings. The van der Waals surface area contributed by atoms with E-state index in [1.165, 1.54) is 10.5 Å². The molecule has 0 aliphatic heterocycles. The molecular formula is C17H23N3OS. The van der Waals surface area contributed by atoms with Crippen LogP contribution in [0.4, 0.5) is 0 Å². The number of nitrogens with zero attached hydrogens (tertiary/aromatic N) is 3. The Bertz CT molecular complexity index is 508. The Labute approximate surface area is 136 Å². The van der Waals surface area contributed by atoms with Gasteiger partial charge in [-0.1, -0.05) is 19.1 Å². The molecule has 4 nitrogen and oxygen atoms in total. The van der Waals surface area contributed by atoms with Gasteiger partial charge in [0.05, 0.1) is 7.11 Å². The molecule has 0 fully saturated rings. The van der Waals surface area contributed by atoms with Crippen molar-refractivity contribution in [2.24, 2.45) is 0 Å². The van der Waals surface area contributed by atoms with Crippen LogP contribution in [0.3, 0.4) is 0 Å². The Morgan fingerprint density at radius 3 is 2.23 bits per heavy atom. The summed E-state index contributed by atoms with van der Waals surface area (Å²) in [5, 5.41) is 0. The molecule has 0 N–H and O–H groups in total. The summed E-state index contributed by atoms with van der Waals surface area (Å²) in [6.07, 6.45) is 6.90. The predicted molar refractivity (Wildman–Crippen MR) is 91.2 cm³/mol. The maximum atomic E-state index is 5.00. The molecule has 0 radical (unpaired) electrons. The molecule has 1 aromatic carbocycles. The first-order chi connectivity index (χ1) is 10.7. The number of ether oxygens (including phenoxy) is 1. The van der Waals surface area contributed by atoms with Crippen LogP contribution in [0, 0.1) is 0 Å². The van der Waals surface area contributed by atoms with E-state index in [1.807, 2.05) is 12.4 Å². The topological polar surface area (TPSA) is 38.2 Å². The minimum absolute atomic E-state index is 0.415. The van der Waals surface area contributed by atoms with Crippen LogP contribution in [0.25, 0.3) is 0 Å². The van der Waals surface area contributed by atoms with Gasteiger partial charge in [-0.2, -0.15) is 0 Å². The number of hydrogen-bond donors (Lipinski definition) is 0. The lowest BCUT2D eigenvalue weighted by molar-refractivity contribution is 0.256. The third kappa shape index (κ3) is 5.00. The van der Waals surface area contributed by atoms with Crippen LogP contribution in [-0.4, -0.2) is 34.8 Å². The second-order valence-corrected chi connectivity index (χ2v) is 6.02. The van der Waals surface area contributed by atoms with Crippen LogP contribution in [0.2, 0.25) is 0 Å². The summed E-state index contributed by atoms with van der Waals surface area (Å²) in [4.78, 5) is 12.1. The van der Waals surface area contributed by atoms with E-state index in [0.717, 1.165) is 31.6 Å². The first-order valence-corrected chi connectivity index (χ1v) is 8.67. The Kier molecular flexibility index (Phi) is 6.68. The van der Waals surface area contributed by atoms with E-state index in [4.69, 9.17) is 4.74 Å². The zero-order valence-electron chi connectivity index (χ0n) is 13.5. The van der Waals surface area contributed by atoms with Gasteiger partial charge < -0.3 is 4.74 Å². The van der Waals surface area contributed by atoms with E-state index in [2.05, 4.69) is 52.3 Å². The summed E-state index contributed by atoms with van der Waals surface area (Å²) in [6, 6.07) is 9.19. The van der Waals surface area contributed by atoms with Crippen molar-refractivity contribution in [3.63, 3.8) is 0 Å². The zero-order valence-corrected chi connectivity index (χ0v) is 14.3. The van der Waals surface area contributed by atoms with Crippen molar-refractivity contribution in [1.82, 2.24) is 14.9 Å². The summed E-state index contributed by atoms with van der Waals surface area (Å²) in [5.74, 6) is 0. The third-order valence-corrected chi connectivity index (χ3v) is 4.12. The van der Waals surface area contributed by atoms with Crippen molar-refractivity contribution in [3.8, 4) is 6.01 Å². The van der Waals surface area contributed by atoms with Gasteiger partial charge in [-0.25, -0.2) is 9.97 Å². The molecule has 22 heavy (non-hydrogen) atoms. The lowest BCUT2D eigenvalue weighted by atomic mass is 10.2. The molecule has 0 saturated carbocycles. The number of aromatic nitrogens is 2. The summed E-state index contributed by atoms with van der Waals surface area (Å²) in [5.41, 5.74) is 2.44. The fourth-order valence-electron chi connectivity index (χ4n) is 2.31. The van der Waals surface area contributed by atoms with E-state index in [9.17, 15) is 0 Å². The average molecular weight is 317 g/mol. The van der Waals surface area contributed by atoms with Crippen LogP contribution < -0.4 is 4.74 Å².